The van der Waals surface area contributed by atoms with E-state index in [2.05, 4.69) is 10.5 Å². The first-order valence-corrected chi connectivity index (χ1v) is 6.95. The number of urea groups is 1. The molecule has 6 heteroatoms. The largest absolute Gasteiger partial charge is 0.390 e. The number of nitrogens with one attached hydrogen (secondary N) is 1. The number of rotatable bonds is 4. The van der Waals surface area contributed by atoms with Gasteiger partial charge in [0.2, 0.25) is 0 Å². The first-order valence-electron chi connectivity index (χ1n) is 6.57. The van der Waals surface area contributed by atoms with Crippen LogP contribution >= 0.6 is 11.6 Å². The molecule has 0 saturated carbocycles. The van der Waals surface area contributed by atoms with Gasteiger partial charge in [-0.2, -0.15) is 0 Å². The molecule has 1 atom stereocenters. The Hall–Kier alpha value is -1.75. The van der Waals surface area contributed by atoms with E-state index in [1.54, 1.807) is 11.9 Å². The minimum absolute atomic E-state index is 0.101. The van der Waals surface area contributed by atoms with Crippen molar-refractivity contribution in [2.45, 2.75) is 19.4 Å². The highest BCUT2D eigenvalue weighted by Crippen LogP contribution is 2.19. The highest BCUT2D eigenvalue weighted by Gasteiger charge is 2.24. The molecular formula is C14H18ClN3O2. The zero-order valence-corrected chi connectivity index (χ0v) is 12.4. The van der Waals surface area contributed by atoms with Gasteiger partial charge in [-0.25, -0.2) is 4.79 Å². The molecule has 1 unspecified atom stereocenters. The van der Waals surface area contributed by atoms with Gasteiger partial charge < -0.3 is 15.1 Å². The third-order valence-electron chi connectivity index (χ3n) is 3.06. The highest BCUT2D eigenvalue weighted by molar-refractivity contribution is 6.30. The summed E-state index contributed by atoms with van der Waals surface area (Å²) in [7, 11) is 1.74. The SMILES string of the molecule is CCNC(=O)N(C)CC1CC(c2ccc(Cl)cc2)=NO1. The van der Waals surface area contributed by atoms with E-state index in [4.69, 9.17) is 16.4 Å². The van der Waals surface area contributed by atoms with E-state index in [9.17, 15) is 4.79 Å². The maximum Gasteiger partial charge on any atom is 0.317 e. The number of amides is 2. The van der Waals surface area contributed by atoms with Crippen LogP contribution in [0.2, 0.25) is 5.02 Å². The van der Waals surface area contributed by atoms with Crippen molar-refractivity contribution < 1.29 is 9.63 Å². The smallest absolute Gasteiger partial charge is 0.317 e. The van der Waals surface area contributed by atoms with Crippen LogP contribution in [0.15, 0.2) is 29.4 Å². The van der Waals surface area contributed by atoms with Gasteiger partial charge in [-0.1, -0.05) is 28.9 Å². The average molecular weight is 296 g/mol. The van der Waals surface area contributed by atoms with E-state index in [0.717, 1.165) is 11.3 Å². The van der Waals surface area contributed by atoms with E-state index in [1.165, 1.54) is 0 Å². The number of benzene rings is 1. The lowest BCUT2D eigenvalue weighted by Gasteiger charge is -2.19. The predicted octanol–water partition coefficient (Wildman–Crippen LogP) is 2.49. The molecule has 1 aromatic rings. The Morgan fingerprint density at radius 2 is 2.20 bits per heavy atom. The summed E-state index contributed by atoms with van der Waals surface area (Å²) < 4.78 is 0. The van der Waals surface area contributed by atoms with E-state index in [0.29, 0.717) is 24.5 Å². The highest BCUT2D eigenvalue weighted by atomic mass is 35.5. The van der Waals surface area contributed by atoms with Crippen molar-refractivity contribution in [3.63, 3.8) is 0 Å². The molecule has 0 bridgehead atoms. The van der Waals surface area contributed by atoms with Crippen LogP contribution in [-0.4, -0.2) is 42.9 Å². The molecule has 0 fully saturated rings. The second-order valence-corrected chi connectivity index (χ2v) is 5.13. The van der Waals surface area contributed by atoms with Gasteiger partial charge in [0.1, 0.15) is 0 Å². The second-order valence-electron chi connectivity index (χ2n) is 4.69. The van der Waals surface area contributed by atoms with E-state index < -0.39 is 0 Å². The zero-order chi connectivity index (χ0) is 14.5. The Morgan fingerprint density at radius 3 is 2.85 bits per heavy atom. The number of oxime groups is 1. The molecule has 0 spiro atoms. The second kappa shape index (κ2) is 6.61. The fraction of sp³-hybridized carbons (Fsp3) is 0.429. The lowest BCUT2D eigenvalue weighted by atomic mass is 10.1. The standard InChI is InChI=1S/C14H18ClN3O2/c1-3-16-14(19)18(2)9-12-8-13(17-20-12)10-4-6-11(15)7-5-10/h4-7,12H,3,8-9H2,1-2H3,(H,16,19). The lowest BCUT2D eigenvalue weighted by Crippen LogP contribution is -2.41. The van der Waals surface area contributed by atoms with Crippen molar-refractivity contribution in [2.75, 3.05) is 20.1 Å². The Kier molecular flexibility index (Phi) is 4.84. The Morgan fingerprint density at radius 1 is 1.50 bits per heavy atom. The first kappa shape index (κ1) is 14.7. The van der Waals surface area contributed by atoms with Crippen LogP contribution in [0.25, 0.3) is 0 Å². The summed E-state index contributed by atoms with van der Waals surface area (Å²) in [5.41, 5.74) is 1.88. The number of nitrogens with zero attached hydrogens (tertiary/aromatic N) is 2. The Balaban J connectivity index is 1.88. The van der Waals surface area contributed by atoms with E-state index in [1.807, 2.05) is 31.2 Å². The van der Waals surface area contributed by atoms with Crippen molar-refractivity contribution in [3.05, 3.63) is 34.9 Å². The third-order valence-corrected chi connectivity index (χ3v) is 3.31. The summed E-state index contributed by atoms with van der Waals surface area (Å²) in [5, 5.41) is 7.53. The summed E-state index contributed by atoms with van der Waals surface area (Å²) in [5.74, 6) is 0. The molecule has 0 aliphatic carbocycles. The maximum atomic E-state index is 11.6. The quantitative estimate of drug-likeness (QED) is 0.928. The summed E-state index contributed by atoms with van der Waals surface area (Å²) in [6.45, 7) is 3.01. The van der Waals surface area contributed by atoms with Crippen LogP contribution in [0, 0.1) is 0 Å². The lowest BCUT2D eigenvalue weighted by molar-refractivity contribution is 0.0657. The number of hydrogen-bond acceptors (Lipinski definition) is 3. The molecule has 1 aliphatic heterocycles. The van der Waals surface area contributed by atoms with Gasteiger partial charge in [0.05, 0.1) is 12.3 Å². The minimum atomic E-state index is -0.103. The van der Waals surface area contributed by atoms with Gasteiger partial charge >= 0.3 is 6.03 Å². The van der Waals surface area contributed by atoms with Crippen molar-refractivity contribution in [3.8, 4) is 0 Å². The number of carbonyl (C=O) groups is 1. The van der Waals surface area contributed by atoms with Crippen LogP contribution in [0.4, 0.5) is 4.79 Å². The van der Waals surface area contributed by atoms with Crippen LogP contribution in [0.3, 0.4) is 0 Å². The fourth-order valence-corrected chi connectivity index (χ4v) is 2.14. The van der Waals surface area contributed by atoms with Gasteiger partial charge in [0, 0.05) is 25.0 Å². The van der Waals surface area contributed by atoms with Crippen LogP contribution in [0.5, 0.6) is 0 Å². The monoisotopic (exact) mass is 295 g/mol. The summed E-state index contributed by atoms with van der Waals surface area (Å²) in [6.07, 6.45) is 0.582. The summed E-state index contributed by atoms with van der Waals surface area (Å²) in [6, 6.07) is 7.39. The van der Waals surface area contributed by atoms with Gasteiger partial charge in [0.15, 0.2) is 6.10 Å². The van der Waals surface area contributed by atoms with Crippen molar-refractivity contribution in [1.82, 2.24) is 10.2 Å². The van der Waals surface area contributed by atoms with E-state index >= 15 is 0 Å². The summed E-state index contributed by atoms with van der Waals surface area (Å²) in [4.78, 5) is 18.6. The Labute approximate surface area is 123 Å². The minimum Gasteiger partial charge on any atom is -0.390 e. The molecule has 2 rings (SSSR count). The van der Waals surface area contributed by atoms with Crippen LogP contribution in [-0.2, 0) is 4.84 Å². The molecule has 1 aliphatic rings. The Bertz CT molecular complexity index is 502. The number of hydrogen-bond donors (Lipinski definition) is 1. The number of likely N-dealkylation sites (N-methyl/N-ethyl adjacent to an activating group) is 1. The third kappa shape index (κ3) is 3.63. The van der Waals surface area contributed by atoms with Gasteiger partial charge in [-0.15, -0.1) is 0 Å². The van der Waals surface area contributed by atoms with Gasteiger partial charge in [-0.3, -0.25) is 0 Å². The zero-order valence-electron chi connectivity index (χ0n) is 11.6. The van der Waals surface area contributed by atoms with Crippen molar-refractivity contribution in [2.24, 2.45) is 5.16 Å². The summed E-state index contributed by atoms with van der Waals surface area (Å²) >= 11 is 5.86. The predicted molar refractivity (Wildman–Crippen MR) is 79.2 cm³/mol. The average Bonchev–Trinajstić information content (AvgIpc) is 2.88. The molecule has 20 heavy (non-hydrogen) atoms. The maximum absolute atomic E-state index is 11.6. The van der Waals surface area contributed by atoms with Crippen molar-refractivity contribution >= 4 is 23.3 Å². The molecule has 1 aromatic carbocycles. The molecular weight excluding hydrogens is 278 g/mol. The molecule has 5 nitrogen and oxygen atoms in total. The van der Waals surface area contributed by atoms with Crippen molar-refractivity contribution in [1.29, 1.82) is 0 Å². The fourth-order valence-electron chi connectivity index (χ4n) is 2.01. The topological polar surface area (TPSA) is 53.9 Å². The molecule has 108 valence electrons. The molecule has 0 saturated heterocycles. The molecule has 2 amide bonds. The first-order chi connectivity index (χ1) is 9.60. The molecule has 1 heterocycles. The van der Waals surface area contributed by atoms with Crippen LogP contribution in [0.1, 0.15) is 18.9 Å². The molecule has 1 N–H and O–H groups in total. The molecule has 0 radical (unpaired) electrons. The van der Waals surface area contributed by atoms with Gasteiger partial charge in [-0.05, 0) is 24.6 Å². The van der Waals surface area contributed by atoms with Crippen LogP contribution < -0.4 is 5.32 Å². The van der Waals surface area contributed by atoms with Gasteiger partial charge in [0.25, 0.3) is 0 Å². The molecule has 0 aromatic heterocycles. The number of halogens is 1. The normalized spacial score (nSPS) is 17.4. The number of carbonyl (C=O) groups excluding carboxylic acids is 1. The van der Waals surface area contributed by atoms with E-state index in [-0.39, 0.29) is 12.1 Å².